The zero-order valence-electron chi connectivity index (χ0n) is 13.5. The fourth-order valence-corrected chi connectivity index (χ4v) is 2.37. The Balaban J connectivity index is 2.05. The number of hydrogen-bond donors (Lipinski definition) is 1. The lowest BCUT2D eigenvalue weighted by molar-refractivity contribution is -0.115. The SMILES string of the molecule is CCCCOC(=O)c1ccccc1NC(=O)Cc1ccccc1Cl. The van der Waals surface area contributed by atoms with Crippen molar-refractivity contribution in [2.24, 2.45) is 0 Å². The Morgan fingerprint density at radius 2 is 1.79 bits per heavy atom. The summed E-state index contributed by atoms with van der Waals surface area (Å²) in [6.45, 7) is 2.40. The van der Waals surface area contributed by atoms with Crippen molar-refractivity contribution >= 4 is 29.2 Å². The quantitative estimate of drug-likeness (QED) is 0.594. The molecule has 0 aliphatic carbocycles. The number of ether oxygens (including phenoxy) is 1. The van der Waals surface area contributed by atoms with Crippen molar-refractivity contribution in [3.63, 3.8) is 0 Å². The molecule has 0 saturated heterocycles. The predicted molar refractivity (Wildman–Crippen MR) is 95.4 cm³/mol. The minimum atomic E-state index is -0.433. The highest BCUT2D eigenvalue weighted by atomic mass is 35.5. The van der Waals surface area contributed by atoms with Crippen molar-refractivity contribution in [1.29, 1.82) is 0 Å². The van der Waals surface area contributed by atoms with Crippen LogP contribution in [0, 0.1) is 0 Å². The number of nitrogens with one attached hydrogen (secondary N) is 1. The molecule has 0 aliphatic heterocycles. The number of carbonyl (C=O) groups excluding carboxylic acids is 2. The maximum Gasteiger partial charge on any atom is 0.340 e. The number of rotatable bonds is 7. The van der Waals surface area contributed by atoms with Gasteiger partial charge in [-0.25, -0.2) is 4.79 Å². The van der Waals surface area contributed by atoms with Crippen molar-refractivity contribution in [3.8, 4) is 0 Å². The molecule has 0 aromatic heterocycles. The molecule has 1 N–H and O–H groups in total. The number of unbranched alkanes of at least 4 members (excludes halogenated alkanes) is 1. The van der Waals surface area contributed by atoms with Crippen LogP contribution >= 0.6 is 11.6 Å². The van der Waals surface area contributed by atoms with E-state index in [1.807, 2.05) is 19.1 Å². The summed E-state index contributed by atoms with van der Waals surface area (Å²) < 4.78 is 5.22. The van der Waals surface area contributed by atoms with Gasteiger partial charge in [-0.05, 0) is 30.2 Å². The Hall–Kier alpha value is -2.33. The fraction of sp³-hybridized carbons (Fsp3) is 0.263. The van der Waals surface area contributed by atoms with Gasteiger partial charge in [0.15, 0.2) is 0 Å². The van der Waals surface area contributed by atoms with Gasteiger partial charge in [-0.1, -0.05) is 55.3 Å². The summed E-state index contributed by atoms with van der Waals surface area (Å²) in [4.78, 5) is 24.4. The molecule has 0 radical (unpaired) electrons. The average Bonchev–Trinajstić information content (AvgIpc) is 2.57. The summed E-state index contributed by atoms with van der Waals surface area (Å²) in [7, 11) is 0. The third kappa shape index (κ3) is 5.10. The van der Waals surface area contributed by atoms with Crippen LogP contribution in [0.3, 0.4) is 0 Å². The van der Waals surface area contributed by atoms with E-state index in [2.05, 4.69) is 5.32 Å². The molecule has 2 aromatic carbocycles. The molecule has 0 unspecified atom stereocenters. The lowest BCUT2D eigenvalue weighted by Crippen LogP contribution is -2.18. The summed E-state index contributed by atoms with van der Waals surface area (Å²) in [6.07, 6.45) is 1.90. The summed E-state index contributed by atoms with van der Waals surface area (Å²) in [5, 5.41) is 3.30. The Labute approximate surface area is 146 Å². The summed E-state index contributed by atoms with van der Waals surface area (Å²) >= 11 is 6.07. The van der Waals surface area contributed by atoms with Gasteiger partial charge in [-0.15, -0.1) is 0 Å². The first-order valence-electron chi connectivity index (χ1n) is 7.91. The first-order chi connectivity index (χ1) is 11.6. The molecule has 0 spiro atoms. The minimum Gasteiger partial charge on any atom is -0.462 e. The number of para-hydroxylation sites is 1. The van der Waals surface area contributed by atoms with Gasteiger partial charge in [-0.2, -0.15) is 0 Å². The molecule has 2 rings (SSSR count). The fourth-order valence-electron chi connectivity index (χ4n) is 2.17. The third-order valence-electron chi connectivity index (χ3n) is 3.46. The second-order valence-corrected chi connectivity index (χ2v) is 5.76. The van der Waals surface area contributed by atoms with E-state index < -0.39 is 5.97 Å². The van der Waals surface area contributed by atoms with Gasteiger partial charge in [0, 0.05) is 5.02 Å². The maximum absolute atomic E-state index is 12.2. The van der Waals surface area contributed by atoms with Gasteiger partial charge in [-0.3, -0.25) is 4.79 Å². The Bertz CT molecular complexity index is 715. The number of halogens is 1. The van der Waals surface area contributed by atoms with Gasteiger partial charge in [0.2, 0.25) is 5.91 Å². The van der Waals surface area contributed by atoms with Crippen LogP contribution < -0.4 is 5.32 Å². The Kier molecular flexibility index (Phi) is 6.82. The minimum absolute atomic E-state index is 0.138. The molecule has 1 amide bonds. The van der Waals surface area contributed by atoms with Gasteiger partial charge in [0.05, 0.1) is 24.3 Å². The largest absolute Gasteiger partial charge is 0.462 e. The van der Waals surface area contributed by atoms with Gasteiger partial charge < -0.3 is 10.1 Å². The number of carbonyl (C=O) groups is 2. The highest BCUT2D eigenvalue weighted by molar-refractivity contribution is 6.31. The molecule has 126 valence electrons. The number of hydrogen-bond acceptors (Lipinski definition) is 3. The van der Waals surface area contributed by atoms with Crippen molar-refractivity contribution in [2.75, 3.05) is 11.9 Å². The van der Waals surface area contributed by atoms with Crippen molar-refractivity contribution in [1.82, 2.24) is 0 Å². The molecular weight excluding hydrogens is 326 g/mol. The molecule has 0 saturated carbocycles. The number of amides is 1. The van der Waals surface area contributed by atoms with E-state index >= 15 is 0 Å². The standard InChI is InChI=1S/C19H20ClNO3/c1-2-3-12-24-19(23)15-9-5-7-11-17(15)21-18(22)13-14-8-4-6-10-16(14)20/h4-11H,2-3,12-13H2,1H3,(H,21,22). The monoisotopic (exact) mass is 345 g/mol. The van der Waals surface area contributed by atoms with Crippen molar-refractivity contribution < 1.29 is 14.3 Å². The van der Waals surface area contributed by atoms with Crippen LogP contribution in [0.25, 0.3) is 0 Å². The normalized spacial score (nSPS) is 10.2. The molecule has 0 heterocycles. The lowest BCUT2D eigenvalue weighted by atomic mass is 10.1. The highest BCUT2D eigenvalue weighted by Crippen LogP contribution is 2.19. The van der Waals surface area contributed by atoms with E-state index in [0.29, 0.717) is 22.9 Å². The molecule has 2 aromatic rings. The summed E-state index contributed by atoms with van der Waals surface area (Å²) in [5.74, 6) is -0.672. The first kappa shape index (κ1) is 18.0. The summed E-state index contributed by atoms with van der Waals surface area (Å²) in [6, 6.07) is 14.0. The molecule has 0 bridgehead atoms. The van der Waals surface area contributed by atoms with E-state index in [1.165, 1.54) is 0 Å². The topological polar surface area (TPSA) is 55.4 Å². The molecule has 0 aliphatic rings. The van der Waals surface area contributed by atoms with E-state index in [1.54, 1.807) is 36.4 Å². The molecule has 5 heteroatoms. The molecule has 0 fully saturated rings. The smallest absolute Gasteiger partial charge is 0.340 e. The molecule has 0 atom stereocenters. The van der Waals surface area contributed by atoms with Crippen LogP contribution in [0.4, 0.5) is 5.69 Å². The molecular formula is C19H20ClNO3. The van der Waals surface area contributed by atoms with Crippen LogP contribution in [0.1, 0.15) is 35.7 Å². The van der Waals surface area contributed by atoms with Crippen LogP contribution in [0.2, 0.25) is 5.02 Å². The number of anilines is 1. The maximum atomic E-state index is 12.2. The Morgan fingerprint density at radius 3 is 2.54 bits per heavy atom. The van der Waals surface area contributed by atoms with Gasteiger partial charge in [0.1, 0.15) is 0 Å². The van der Waals surface area contributed by atoms with E-state index in [-0.39, 0.29) is 12.3 Å². The zero-order valence-corrected chi connectivity index (χ0v) is 14.3. The van der Waals surface area contributed by atoms with E-state index in [0.717, 1.165) is 18.4 Å². The Morgan fingerprint density at radius 1 is 1.08 bits per heavy atom. The first-order valence-corrected chi connectivity index (χ1v) is 8.29. The van der Waals surface area contributed by atoms with Crippen molar-refractivity contribution in [3.05, 3.63) is 64.7 Å². The second-order valence-electron chi connectivity index (χ2n) is 5.35. The third-order valence-corrected chi connectivity index (χ3v) is 3.83. The predicted octanol–water partition coefficient (Wildman–Crippen LogP) is 4.48. The van der Waals surface area contributed by atoms with Gasteiger partial charge in [0.25, 0.3) is 0 Å². The number of esters is 1. The average molecular weight is 346 g/mol. The molecule has 4 nitrogen and oxygen atoms in total. The van der Waals surface area contributed by atoms with E-state index in [9.17, 15) is 9.59 Å². The summed E-state index contributed by atoms with van der Waals surface area (Å²) in [5.41, 5.74) is 1.52. The van der Waals surface area contributed by atoms with Gasteiger partial charge >= 0.3 is 5.97 Å². The van der Waals surface area contributed by atoms with Crippen LogP contribution in [-0.4, -0.2) is 18.5 Å². The van der Waals surface area contributed by atoms with E-state index in [4.69, 9.17) is 16.3 Å². The van der Waals surface area contributed by atoms with Crippen LogP contribution in [0.5, 0.6) is 0 Å². The van der Waals surface area contributed by atoms with Crippen LogP contribution in [-0.2, 0) is 16.0 Å². The van der Waals surface area contributed by atoms with Crippen LogP contribution in [0.15, 0.2) is 48.5 Å². The second kappa shape index (κ2) is 9.08. The molecule has 24 heavy (non-hydrogen) atoms. The zero-order chi connectivity index (χ0) is 17.4. The number of benzene rings is 2. The van der Waals surface area contributed by atoms with Crippen molar-refractivity contribution in [2.45, 2.75) is 26.2 Å². The highest BCUT2D eigenvalue weighted by Gasteiger charge is 2.15. The lowest BCUT2D eigenvalue weighted by Gasteiger charge is -2.11.